The summed E-state index contributed by atoms with van der Waals surface area (Å²) in [7, 11) is -3.88. The molecular weight excluding hydrogens is 519 g/mol. The maximum absolute atomic E-state index is 12.7. The van der Waals surface area contributed by atoms with Crippen molar-refractivity contribution in [3.63, 3.8) is 0 Å². The summed E-state index contributed by atoms with van der Waals surface area (Å²) in [6, 6.07) is 11.7. The van der Waals surface area contributed by atoms with Gasteiger partial charge in [-0.05, 0) is 86.0 Å². The second-order valence-electron chi connectivity index (χ2n) is 7.21. The van der Waals surface area contributed by atoms with Crippen LogP contribution in [0.5, 0.6) is 5.75 Å². The summed E-state index contributed by atoms with van der Waals surface area (Å²) in [5.74, 6) is 0.210. The molecule has 1 saturated carbocycles. The fraction of sp³-hybridized carbons (Fsp3) is 0.409. The predicted molar refractivity (Wildman–Crippen MR) is 121 cm³/mol. The van der Waals surface area contributed by atoms with Gasteiger partial charge < -0.3 is 9.47 Å². The molecule has 0 unspecified atom stereocenters. The van der Waals surface area contributed by atoms with E-state index in [0.717, 1.165) is 22.0 Å². The standard InChI is InChI=1S/C22H25IO6S/c1-3-27-22(24)16-10-13-19(18(23)14-16)28-20-6-4-5-7-21(20)29-30(25,26)17-11-8-15(2)9-12-17/h8-14,20-21H,3-7H2,1-2H3/t20-,21-/m0/s1. The van der Waals surface area contributed by atoms with Gasteiger partial charge >= 0.3 is 5.97 Å². The smallest absolute Gasteiger partial charge is 0.338 e. The molecule has 0 radical (unpaired) electrons. The molecule has 0 heterocycles. The molecule has 2 atom stereocenters. The Hall–Kier alpha value is -1.65. The molecule has 3 rings (SSSR count). The molecule has 1 aliphatic rings. The van der Waals surface area contributed by atoms with Crippen LogP contribution in [0.4, 0.5) is 0 Å². The average Bonchev–Trinajstić information content (AvgIpc) is 2.71. The lowest BCUT2D eigenvalue weighted by Gasteiger charge is -2.31. The second kappa shape index (κ2) is 10.1. The van der Waals surface area contributed by atoms with Gasteiger partial charge in [0.25, 0.3) is 10.1 Å². The molecule has 0 aliphatic heterocycles. The number of ether oxygens (including phenoxy) is 2. The van der Waals surface area contributed by atoms with E-state index in [-0.39, 0.29) is 17.0 Å². The average molecular weight is 544 g/mol. The monoisotopic (exact) mass is 544 g/mol. The van der Waals surface area contributed by atoms with Crippen molar-refractivity contribution in [2.24, 2.45) is 0 Å². The summed E-state index contributed by atoms with van der Waals surface area (Å²) >= 11 is 2.10. The molecule has 0 aromatic heterocycles. The van der Waals surface area contributed by atoms with Crippen molar-refractivity contribution in [2.45, 2.75) is 56.6 Å². The fourth-order valence-corrected chi connectivity index (χ4v) is 5.10. The number of carbonyl (C=O) groups excluding carboxylic acids is 1. The normalized spacial score (nSPS) is 19.3. The third-order valence-electron chi connectivity index (χ3n) is 4.92. The molecule has 2 aromatic carbocycles. The molecular formula is C22H25IO6S. The van der Waals surface area contributed by atoms with Crippen LogP contribution in [0.3, 0.4) is 0 Å². The van der Waals surface area contributed by atoms with Crippen LogP contribution in [0.25, 0.3) is 0 Å². The van der Waals surface area contributed by atoms with Gasteiger partial charge in [-0.25, -0.2) is 4.79 Å². The highest BCUT2D eigenvalue weighted by Gasteiger charge is 2.33. The highest BCUT2D eigenvalue weighted by molar-refractivity contribution is 14.1. The van der Waals surface area contributed by atoms with Crippen LogP contribution in [-0.4, -0.2) is 33.2 Å². The van der Waals surface area contributed by atoms with Gasteiger partial charge in [-0.15, -0.1) is 0 Å². The molecule has 0 bridgehead atoms. The predicted octanol–water partition coefficient (Wildman–Crippen LogP) is 4.87. The highest BCUT2D eigenvalue weighted by Crippen LogP contribution is 2.31. The van der Waals surface area contributed by atoms with Gasteiger partial charge in [0.1, 0.15) is 18.0 Å². The molecule has 0 amide bonds. The molecule has 0 spiro atoms. The summed E-state index contributed by atoms with van der Waals surface area (Å²) < 4.78 is 43.0. The molecule has 2 aromatic rings. The van der Waals surface area contributed by atoms with E-state index in [9.17, 15) is 13.2 Å². The SMILES string of the molecule is CCOC(=O)c1ccc(O[C@H]2CCCC[C@@H]2OS(=O)(=O)c2ccc(C)cc2)c(I)c1. The second-order valence-corrected chi connectivity index (χ2v) is 9.94. The molecule has 0 N–H and O–H groups in total. The number of hydrogen-bond acceptors (Lipinski definition) is 6. The van der Waals surface area contributed by atoms with Crippen molar-refractivity contribution < 1.29 is 26.9 Å². The molecule has 162 valence electrons. The van der Waals surface area contributed by atoms with Crippen LogP contribution in [0.2, 0.25) is 0 Å². The minimum atomic E-state index is -3.88. The molecule has 0 saturated heterocycles. The van der Waals surface area contributed by atoms with Crippen LogP contribution in [0, 0.1) is 10.5 Å². The molecule has 6 nitrogen and oxygen atoms in total. The quantitative estimate of drug-likeness (QED) is 0.281. The third-order valence-corrected chi connectivity index (χ3v) is 7.12. The molecule has 30 heavy (non-hydrogen) atoms. The first-order valence-corrected chi connectivity index (χ1v) is 12.4. The highest BCUT2D eigenvalue weighted by atomic mass is 127. The Morgan fingerprint density at radius 1 is 1.07 bits per heavy atom. The summed E-state index contributed by atoms with van der Waals surface area (Å²) in [6.45, 7) is 3.97. The Bertz CT molecular complexity index is 987. The lowest BCUT2D eigenvalue weighted by Crippen LogP contribution is -2.38. The van der Waals surface area contributed by atoms with Crippen molar-refractivity contribution in [3.05, 3.63) is 57.2 Å². The lowest BCUT2D eigenvalue weighted by molar-refractivity contribution is 0.0265. The van der Waals surface area contributed by atoms with Gasteiger partial charge in [0.15, 0.2) is 0 Å². The Kier molecular flexibility index (Phi) is 7.75. The van der Waals surface area contributed by atoms with Crippen LogP contribution in [0.15, 0.2) is 47.4 Å². The Labute approximate surface area is 191 Å². The van der Waals surface area contributed by atoms with E-state index < -0.39 is 16.2 Å². The number of carbonyl (C=O) groups is 1. The van der Waals surface area contributed by atoms with Crippen molar-refractivity contribution in [3.8, 4) is 5.75 Å². The van der Waals surface area contributed by atoms with E-state index in [0.29, 0.717) is 30.8 Å². The topological polar surface area (TPSA) is 78.9 Å². The van der Waals surface area contributed by atoms with Gasteiger partial charge in [-0.1, -0.05) is 24.1 Å². The van der Waals surface area contributed by atoms with E-state index in [2.05, 4.69) is 22.6 Å². The Balaban J connectivity index is 1.74. The Morgan fingerprint density at radius 3 is 2.37 bits per heavy atom. The van der Waals surface area contributed by atoms with Crippen molar-refractivity contribution in [2.75, 3.05) is 6.61 Å². The number of aryl methyl sites for hydroxylation is 1. The van der Waals surface area contributed by atoms with Gasteiger partial charge in [0.2, 0.25) is 0 Å². The number of halogens is 1. The third kappa shape index (κ3) is 5.73. The summed E-state index contributed by atoms with van der Waals surface area (Å²) in [6.07, 6.45) is 2.17. The lowest BCUT2D eigenvalue weighted by atomic mass is 9.95. The number of rotatable bonds is 7. The summed E-state index contributed by atoms with van der Waals surface area (Å²) in [5.41, 5.74) is 1.43. The molecule has 1 aliphatic carbocycles. The first kappa shape index (κ1) is 23.0. The first-order chi connectivity index (χ1) is 14.3. The number of benzene rings is 2. The largest absolute Gasteiger partial charge is 0.487 e. The van der Waals surface area contributed by atoms with Crippen LogP contribution in [-0.2, 0) is 19.0 Å². The maximum atomic E-state index is 12.7. The maximum Gasteiger partial charge on any atom is 0.338 e. The van der Waals surface area contributed by atoms with Gasteiger partial charge in [0, 0.05) is 0 Å². The number of esters is 1. The van der Waals surface area contributed by atoms with Gasteiger partial charge in [-0.3, -0.25) is 4.18 Å². The fourth-order valence-electron chi connectivity index (χ4n) is 3.33. The van der Waals surface area contributed by atoms with E-state index in [1.54, 1.807) is 49.4 Å². The first-order valence-electron chi connectivity index (χ1n) is 9.93. The van der Waals surface area contributed by atoms with E-state index >= 15 is 0 Å². The van der Waals surface area contributed by atoms with E-state index in [4.69, 9.17) is 13.7 Å². The summed E-state index contributed by atoms with van der Waals surface area (Å²) in [4.78, 5) is 12.1. The van der Waals surface area contributed by atoms with Crippen LogP contribution < -0.4 is 4.74 Å². The van der Waals surface area contributed by atoms with E-state index in [1.807, 2.05) is 6.92 Å². The zero-order valence-corrected chi connectivity index (χ0v) is 19.9. The van der Waals surface area contributed by atoms with Crippen molar-refractivity contribution >= 4 is 38.7 Å². The minimum Gasteiger partial charge on any atom is -0.487 e. The molecule has 1 fully saturated rings. The van der Waals surface area contributed by atoms with Crippen molar-refractivity contribution in [1.82, 2.24) is 0 Å². The summed E-state index contributed by atoms with van der Waals surface area (Å²) in [5, 5.41) is 0. The van der Waals surface area contributed by atoms with E-state index in [1.165, 1.54) is 0 Å². The molecule has 8 heteroatoms. The Morgan fingerprint density at radius 2 is 1.73 bits per heavy atom. The number of hydrogen-bond donors (Lipinski definition) is 0. The zero-order chi connectivity index (χ0) is 21.7. The zero-order valence-electron chi connectivity index (χ0n) is 17.0. The van der Waals surface area contributed by atoms with Crippen molar-refractivity contribution in [1.29, 1.82) is 0 Å². The van der Waals surface area contributed by atoms with Crippen LogP contribution in [0.1, 0.15) is 48.5 Å². The van der Waals surface area contributed by atoms with Gasteiger partial charge in [0.05, 0.1) is 20.6 Å². The minimum absolute atomic E-state index is 0.144. The van der Waals surface area contributed by atoms with Gasteiger partial charge in [-0.2, -0.15) is 8.42 Å². The van der Waals surface area contributed by atoms with Crippen LogP contribution >= 0.6 is 22.6 Å².